The fraction of sp³-hybridized carbons (Fsp3) is 0.154. The van der Waals surface area contributed by atoms with Crippen molar-refractivity contribution in [1.82, 2.24) is 4.31 Å². The van der Waals surface area contributed by atoms with Crippen molar-refractivity contribution < 1.29 is 22.7 Å². The van der Waals surface area contributed by atoms with E-state index in [0.29, 0.717) is 16.9 Å². The fourth-order valence-corrected chi connectivity index (χ4v) is 4.17. The lowest BCUT2D eigenvalue weighted by Crippen LogP contribution is -2.25. The summed E-state index contributed by atoms with van der Waals surface area (Å²) >= 11 is 0.700. The molecule has 0 aliphatic heterocycles. The van der Waals surface area contributed by atoms with Gasteiger partial charge in [0.1, 0.15) is 14.9 Å². The standard InChI is InChI=1S/C13H12FNO4S2/c1-15(8-9-2-4-10(14)5-3-9)21(18,19)12-7-6-11(20-12)13(16)17/h2-7H,8H2,1H3,(H,16,17). The Morgan fingerprint density at radius 2 is 1.86 bits per heavy atom. The van der Waals surface area contributed by atoms with E-state index in [-0.39, 0.29) is 15.6 Å². The number of thiophene rings is 1. The average Bonchev–Trinajstić information content (AvgIpc) is 2.91. The van der Waals surface area contributed by atoms with Gasteiger partial charge in [0.25, 0.3) is 10.0 Å². The zero-order valence-corrected chi connectivity index (χ0v) is 12.6. The monoisotopic (exact) mass is 329 g/mol. The SMILES string of the molecule is CN(Cc1ccc(F)cc1)S(=O)(=O)c1ccc(C(=O)O)s1. The number of carbonyl (C=O) groups is 1. The summed E-state index contributed by atoms with van der Waals surface area (Å²) in [6.07, 6.45) is 0. The van der Waals surface area contributed by atoms with E-state index in [1.807, 2.05) is 0 Å². The second-order valence-electron chi connectivity index (χ2n) is 4.31. The Morgan fingerprint density at radius 3 is 2.38 bits per heavy atom. The second-order valence-corrected chi connectivity index (χ2v) is 7.67. The lowest BCUT2D eigenvalue weighted by Gasteiger charge is -2.16. The van der Waals surface area contributed by atoms with Crippen molar-refractivity contribution in [3.63, 3.8) is 0 Å². The van der Waals surface area contributed by atoms with E-state index in [9.17, 15) is 17.6 Å². The lowest BCUT2D eigenvalue weighted by atomic mass is 10.2. The highest BCUT2D eigenvalue weighted by Crippen LogP contribution is 2.25. The molecule has 0 saturated carbocycles. The molecule has 2 aromatic rings. The molecule has 112 valence electrons. The van der Waals surface area contributed by atoms with Crippen LogP contribution >= 0.6 is 11.3 Å². The van der Waals surface area contributed by atoms with E-state index in [0.717, 1.165) is 4.31 Å². The molecule has 8 heteroatoms. The van der Waals surface area contributed by atoms with Gasteiger partial charge < -0.3 is 5.11 Å². The van der Waals surface area contributed by atoms with E-state index >= 15 is 0 Å². The van der Waals surface area contributed by atoms with Gasteiger partial charge in [-0.25, -0.2) is 17.6 Å². The van der Waals surface area contributed by atoms with E-state index in [2.05, 4.69) is 0 Å². The minimum absolute atomic E-state index is 0.0375. The molecular weight excluding hydrogens is 317 g/mol. The number of rotatable bonds is 5. The van der Waals surface area contributed by atoms with Gasteiger partial charge >= 0.3 is 5.97 Å². The van der Waals surface area contributed by atoms with Crippen LogP contribution in [0.1, 0.15) is 15.2 Å². The molecule has 0 bridgehead atoms. The molecule has 0 unspecified atom stereocenters. The first kappa shape index (κ1) is 15.6. The zero-order chi connectivity index (χ0) is 15.6. The van der Waals surface area contributed by atoms with Crippen LogP contribution in [0, 0.1) is 5.82 Å². The van der Waals surface area contributed by atoms with Gasteiger partial charge in [0.05, 0.1) is 0 Å². The number of halogens is 1. The van der Waals surface area contributed by atoms with Gasteiger partial charge in [0, 0.05) is 13.6 Å². The van der Waals surface area contributed by atoms with Crippen molar-refractivity contribution in [2.24, 2.45) is 0 Å². The van der Waals surface area contributed by atoms with Crippen LogP contribution < -0.4 is 0 Å². The third-order valence-electron chi connectivity index (χ3n) is 2.78. The minimum Gasteiger partial charge on any atom is -0.477 e. The molecule has 2 rings (SSSR count). The number of benzene rings is 1. The first-order chi connectivity index (χ1) is 9.80. The third kappa shape index (κ3) is 3.46. The van der Waals surface area contributed by atoms with Crippen LogP contribution in [0.3, 0.4) is 0 Å². The quantitative estimate of drug-likeness (QED) is 0.914. The normalized spacial score (nSPS) is 11.8. The van der Waals surface area contributed by atoms with Crippen LogP contribution in [0.2, 0.25) is 0 Å². The van der Waals surface area contributed by atoms with Crippen molar-refractivity contribution in [1.29, 1.82) is 0 Å². The number of hydrogen-bond acceptors (Lipinski definition) is 4. The number of aromatic carboxylic acids is 1. The molecule has 0 saturated heterocycles. The first-order valence-corrected chi connectivity index (χ1v) is 8.10. The lowest BCUT2D eigenvalue weighted by molar-refractivity contribution is 0.0702. The molecule has 1 heterocycles. The van der Waals surface area contributed by atoms with Crippen molar-refractivity contribution >= 4 is 27.3 Å². The molecule has 1 N–H and O–H groups in total. The maximum absolute atomic E-state index is 12.8. The van der Waals surface area contributed by atoms with Crippen LogP contribution in [0.4, 0.5) is 4.39 Å². The Balaban J connectivity index is 2.21. The van der Waals surface area contributed by atoms with Gasteiger partial charge in [-0.3, -0.25) is 0 Å². The van der Waals surface area contributed by atoms with Crippen molar-refractivity contribution in [2.45, 2.75) is 10.8 Å². The van der Waals surface area contributed by atoms with Crippen molar-refractivity contribution in [2.75, 3.05) is 7.05 Å². The predicted molar refractivity (Wildman–Crippen MR) is 76.3 cm³/mol. The Labute approximate surface area is 125 Å². The second kappa shape index (κ2) is 5.92. The maximum atomic E-state index is 12.8. The topological polar surface area (TPSA) is 74.7 Å². The summed E-state index contributed by atoms with van der Waals surface area (Å²) in [6.45, 7) is 0.0723. The number of carboxylic acid groups (broad SMARTS) is 1. The summed E-state index contributed by atoms with van der Waals surface area (Å²) in [7, 11) is -2.38. The molecular formula is C13H12FNO4S2. The molecule has 0 aliphatic rings. The number of sulfonamides is 1. The smallest absolute Gasteiger partial charge is 0.345 e. The molecule has 0 spiro atoms. The number of nitrogens with zero attached hydrogens (tertiary/aromatic N) is 1. The Morgan fingerprint density at radius 1 is 1.24 bits per heavy atom. The van der Waals surface area contributed by atoms with Crippen LogP contribution in [0.25, 0.3) is 0 Å². The van der Waals surface area contributed by atoms with Gasteiger partial charge in [0.2, 0.25) is 0 Å². The molecule has 21 heavy (non-hydrogen) atoms. The Bertz CT molecular complexity index is 753. The summed E-state index contributed by atoms with van der Waals surface area (Å²) < 4.78 is 38.5. The minimum atomic E-state index is -3.77. The van der Waals surface area contributed by atoms with Gasteiger partial charge in [-0.15, -0.1) is 11.3 Å². The van der Waals surface area contributed by atoms with Gasteiger partial charge in [-0.05, 0) is 29.8 Å². The molecule has 0 amide bonds. The van der Waals surface area contributed by atoms with Crippen LogP contribution in [-0.4, -0.2) is 30.8 Å². The highest BCUT2D eigenvalue weighted by molar-refractivity contribution is 7.91. The first-order valence-electron chi connectivity index (χ1n) is 5.84. The van der Waals surface area contributed by atoms with E-state index in [1.165, 1.54) is 43.4 Å². The fourth-order valence-electron chi connectivity index (χ4n) is 1.66. The highest BCUT2D eigenvalue weighted by atomic mass is 32.2. The molecule has 5 nitrogen and oxygen atoms in total. The van der Waals surface area contributed by atoms with Crippen molar-refractivity contribution in [3.8, 4) is 0 Å². The predicted octanol–water partition coefficient (Wildman–Crippen LogP) is 2.41. The summed E-state index contributed by atoms with van der Waals surface area (Å²) in [4.78, 5) is 10.8. The van der Waals surface area contributed by atoms with Crippen LogP contribution in [0.15, 0.2) is 40.6 Å². The Kier molecular flexibility index (Phi) is 4.40. The van der Waals surface area contributed by atoms with E-state index in [4.69, 9.17) is 5.11 Å². The number of hydrogen-bond donors (Lipinski definition) is 1. The van der Waals surface area contributed by atoms with Gasteiger partial charge in [-0.2, -0.15) is 4.31 Å². The largest absolute Gasteiger partial charge is 0.477 e. The van der Waals surface area contributed by atoms with E-state index in [1.54, 1.807) is 0 Å². The highest BCUT2D eigenvalue weighted by Gasteiger charge is 2.24. The molecule has 0 aliphatic carbocycles. The molecule has 0 radical (unpaired) electrons. The summed E-state index contributed by atoms with van der Waals surface area (Å²) in [5.74, 6) is -1.56. The summed E-state index contributed by atoms with van der Waals surface area (Å²) in [5.41, 5.74) is 0.637. The molecule has 0 fully saturated rings. The van der Waals surface area contributed by atoms with Gasteiger partial charge in [0.15, 0.2) is 0 Å². The van der Waals surface area contributed by atoms with E-state index < -0.39 is 21.8 Å². The number of carboxylic acids is 1. The molecule has 1 aromatic carbocycles. The Hall–Kier alpha value is -1.77. The van der Waals surface area contributed by atoms with Crippen molar-refractivity contribution in [3.05, 3.63) is 52.7 Å². The average molecular weight is 329 g/mol. The van der Waals surface area contributed by atoms with Crippen LogP contribution in [0.5, 0.6) is 0 Å². The van der Waals surface area contributed by atoms with Crippen LogP contribution in [-0.2, 0) is 16.6 Å². The molecule has 1 aromatic heterocycles. The molecule has 0 atom stereocenters. The zero-order valence-electron chi connectivity index (χ0n) is 11.0. The third-order valence-corrected chi connectivity index (χ3v) is 6.12. The van der Waals surface area contributed by atoms with Gasteiger partial charge in [-0.1, -0.05) is 12.1 Å². The summed E-state index contributed by atoms with van der Waals surface area (Å²) in [5, 5.41) is 8.83. The summed E-state index contributed by atoms with van der Waals surface area (Å²) in [6, 6.07) is 8.03. The maximum Gasteiger partial charge on any atom is 0.345 e.